The van der Waals surface area contributed by atoms with E-state index in [-0.39, 0.29) is 6.10 Å². The first-order chi connectivity index (χ1) is 10.7. The van der Waals surface area contributed by atoms with Crippen LogP contribution in [0.25, 0.3) is 5.57 Å². The predicted molar refractivity (Wildman–Crippen MR) is 88.4 cm³/mol. The van der Waals surface area contributed by atoms with Gasteiger partial charge in [-0.05, 0) is 16.7 Å². The Morgan fingerprint density at radius 3 is 2.45 bits per heavy atom. The van der Waals surface area contributed by atoms with Crippen LogP contribution >= 0.6 is 0 Å². The Balaban J connectivity index is 1.60. The van der Waals surface area contributed by atoms with Gasteiger partial charge in [-0.2, -0.15) is 0 Å². The molecule has 0 aliphatic carbocycles. The lowest BCUT2D eigenvalue weighted by Gasteiger charge is -2.12. The van der Waals surface area contributed by atoms with E-state index in [1.807, 2.05) is 60.7 Å². The van der Waals surface area contributed by atoms with Crippen molar-refractivity contribution in [3.63, 3.8) is 0 Å². The third-order valence-corrected chi connectivity index (χ3v) is 3.87. The molecule has 1 aliphatic rings. The van der Waals surface area contributed by atoms with Crippen LogP contribution in [0.3, 0.4) is 0 Å². The van der Waals surface area contributed by atoms with Gasteiger partial charge in [-0.15, -0.1) is 0 Å². The number of rotatable bonds is 5. The molecule has 0 amide bonds. The molecule has 0 saturated heterocycles. The molecule has 0 aromatic heterocycles. The average Bonchev–Trinajstić information content (AvgIpc) is 3.06. The quantitative estimate of drug-likeness (QED) is 0.906. The minimum absolute atomic E-state index is 0.101. The van der Waals surface area contributed by atoms with Crippen molar-refractivity contribution in [1.82, 2.24) is 0 Å². The van der Waals surface area contributed by atoms with Gasteiger partial charge in [-0.3, -0.25) is 0 Å². The van der Waals surface area contributed by atoms with Gasteiger partial charge in [0.05, 0.1) is 11.8 Å². The van der Waals surface area contributed by atoms with Crippen molar-refractivity contribution in [3.8, 4) is 0 Å². The maximum absolute atomic E-state index is 10.4. The fraction of sp³-hybridized carbons (Fsp3) is 0.211. The van der Waals surface area contributed by atoms with Crippen molar-refractivity contribution < 1.29 is 9.94 Å². The molecule has 0 unspecified atom stereocenters. The third-order valence-electron chi connectivity index (χ3n) is 3.87. The summed E-state index contributed by atoms with van der Waals surface area (Å²) < 4.78 is 0. The number of oxime groups is 1. The van der Waals surface area contributed by atoms with Gasteiger partial charge in [0, 0.05) is 12.8 Å². The fourth-order valence-electron chi connectivity index (χ4n) is 2.58. The summed E-state index contributed by atoms with van der Waals surface area (Å²) in [7, 11) is 0. The number of nitrogens with zero attached hydrogens (tertiary/aromatic N) is 1. The summed E-state index contributed by atoms with van der Waals surface area (Å²) in [5, 5.41) is 14.4. The minimum Gasteiger partial charge on any atom is -0.387 e. The standard InChI is InChI=1S/C19H19NO2/c1-14(15-8-4-2-5-9-15)12-18(21)17-13-19(22-20-17)16-10-6-3-7-11-16/h2-11,18-19,21H,1,12-13H2/t18-,19+/m0/s1. The Morgan fingerprint density at radius 1 is 1.14 bits per heavy atom. The lowest BCUT2D eigenvalue weighted by Crippen LogP contribution is -2.19. The second-order valence-corrected chi connectivity index (χ2v) is 5.48. The molecule has 2 atom stereocenters. The Labute approximate surface area is 130 Å². The lowest BCUT2D eigenvalue weighted by molar-refractivity contribution is 0.0855. The SMILES string of the molecule is C=C(C[C@H](O)C1=NO[C@@H](c2ccccc2)C1)c1ccccc1. The van der Waals surface area contributed by atoms with Crippen molar-refractivity contribution in [2.24, 2.45) is 5.16 Å². The average molecular weight is 293 g/mol. The second-order valence-electron chi connectivity index (χ2n) is 5.48. The van der Waals surface area contributed by atoms with E-state index in [4.69, 9.17) is 4.84 Å². The molecular formula is C19H19NO2. The highest BCUT2D eigenvalue weighted by molar-refractivity contribution is 5.91. The zero-order valence-electron chi connectivity index (χ0n) is 12.4. The molecule has 1 heterocycles. The Morgan fingerprint density at radius 2 is 1.77 bits per heavy atom. The molecule has 1 aliphatic heterocycles. The number of hydrogen-bond acceptors (Lipinski definition) is 3. The summed E-state index contributed by atoms with van der Waals surface area (Å²) in [6.45, 7) is 4.06. The molecule has 3 nitrogen and oxygen atoms in total. The molecule has 3 heteroatoms. The van der Waals surface area contributed by atoms with E-state index in [0.29, 0.717) is 18.6 Å². The van der Waals surface area contributed by atoms with Gasteiger partial charge < -0.3 is 9.94 Å². The molecule has 2 aromatic carbocycles. The van der Waals surface area contributed by atoms with Gasteiger partial charge in [-0.25, -0.2) is 0 Å². The van der Waals surface area contributed by atoms with Crippen LogP contribution < -0.4 is 0 Å². The van der Waals surface area contributed by atoms with Gasteiger partial charge in [0.2, 0.25) is 0 Å². The highest BCUT2D eigenvalue weighted by Crippen LogP contribution is 2.29. The first kappa shape index (κ1) is 14.5. The molecular weight excluding hydrogens is 274 g/mol. The van der Waals surface area contributed by atoms with Crippen molar-refractivity contribution in [1.29, 1.82) is 0 Å². The number of aliphatic hydroxyl groups is 1. The van der Waals surface area contributed by atoms with Gasteiger partial charge in [0.15, 0.2) is 6.10 Å². The largest absolute Gasteiger partial charge is 0.387 e. The first-order valence-electron chi connectivity index (χ1n) is 7.43. The summed E-state index contributed by atoms with van der Waals surface area (Å²) in [6.07, 6.45) is 0.332. The van der Waals surface area contributed by atoms with Gasteiger partial charge in [-0.1, -0.05) is 72.4 Å². The van der Waals surface area contributed by atoms with Crippen molar-refractivity contribution in [2.75, 3.05) is 0 Å². The van der Waals surface area contributed by atoms with Crippen LogP contribution in [0.2, 0.25) is 0 Å². The monoisotopic (exact) mass is 293 g/mol. The smallest absolute Gasteiger partial charge is 0.158 e. The van der Waals surface area contributed by atoms with Crippen molar-refractivity contribution in [3.05, 3.63) is 78.4 Å². The third kappa shape index (κ3) is 3.26. The number of aliphatic hydroxyl groups excluding tert-OH is 1. The van der Waals surface area contributed by atoms with Crippen LogP contribution in [0.4, 0.5) is 0 Å². The highest BCUT2D eigenvalue weighted by atomic mass is 16.6. The van der Waals surface area contributed by atoms with E-state index < -0.39 is 6.10 Å². The molecule has 0 saturated carbocycles. The lowest BCUT2D eigenvalue weighted by atomic mass is 9.96. The number of hydrogen-bond donors (Lipinski definition) is 1. The van der Waals surface area contributed by atoms with Crippen molar-refractivity contribution in [2.45, 2.75) is 25.0 Å². The Kier molecular flexibility index (Phi) is 4.35. The maximum Gasteiger partial charge on any atom is 0.158 e. The maximum atomic E-state index is 10.4. The molecule has 3 rings (SSSR count). The predicted octanol–water partition coefficient (Wildman–Crippen LogP) is 3.97. The summed E-state index contributed by atoms with van der Waals surface area (Å²) in [4.78, 5) is 5.46. The highest BCUT2D eigenvalue weighted by Gasteiger charge is 2.27. The van der Waals surface area contributed by atoms with Crippen LogP contribution in [0.15, 0.2) is 72.4 Å². The summed E-state index contributed by atoms with van der Waals surface area (Å²) in [5.41, 5.74) is 3.71. The Bertz CT molecular complexity index is 664. The van der Waals surface area contributed by atoms with Crippen LogP contribution in [0.1, 0.15) is 30.1 Å². The summed E-state index contributed by atoms with van der Waals surface area (Å²) in [6, 6.07) is 19.8. The minimum atomic E-state index is -0.651. The van der Waals surface area contributed by atoms with Gasteiger partial charge in [0.25, 0.3) is 0 Å². The molecule has 0 bridgehead atoms. The summed E-state index contributed by atoms with van der Waals surface area (Å²) in [5.74, 6) is 0. The van der Waals surface area contributed by atoms with Crippen LogP contribution in [0, 0.1) is 0 Å². The zero-order valence-corrected chi connectivity index (χ0v) is 12.4. The first-order valence-corrected chi connectivity index (χ1v) is 7.43. The second kappa shape index (κ2) is 6.58. The van der Waals surface area contributed by atoms with E-state index in [0.717, 1.165) is 16.7 Å². The van der Waals surface area contributed by atoms with E-state index in [2.05, 4.69) is 11.7 Å². The van der Waals surface area contributed by atoms with E-state index >= 15 is 0 Å². The zero-order chi connectivity index (χ0) is 15.4. The fourth-order valence-corrected chi connectivity index (χ4v) is 2.58. The van der Waals surface area contributed by atoms with Crippen LogP contribution in [-0.4, -0.2) is 16.9 Å². The van der Waals surface area contributed by atoms with Gasteiger partial charge in [0.1, 0.15) is 0 Å². The Hall–Kier alpha value is -2.39. The summed E-state index contributed by atoms with van der Waals surface area (Å²) >= 11 is 0. The van der Waals surface area contributed by atoms with E-state index in [9.17, 15) is 5.11 Å². The van der Waals surface area contributed by atoms with E-state index in [1.54, 1.807) is 0 Å². The molecule has 0 spiro atoms. The normalized spacial score (nSPS) is 18.4. The van der Waals surface area contributed by atoms with E-state index in [1.165, 1.54) is 0 Å². The van der Waals surface area contributed by atoms with Crippen LogP contribution in [-0.2, 0) is 4.84 Å². The molecule has 22 heavy (non-hydrogen) atoms. The number of benzene rings is 2. The van der Waals surface area contributed by atoms with Crippen LogP contribution in [0.5, 0.6) is 0 Å². The molecule has 0 radical (unpaired) electrons. The topological polar surface area (TPSA) is 41.8 Å². The molecule has 2 aromatic rings. The molecule has 0 fully saturated rings. The van der Waals surface area contributed by atoms with Crippen molar-refractivity contribution >= 4 is 11.3 Å². The molecule has 1 N–H and O–H groups in total. The van der Waals surface area contributed by atoms with Gasteiger partial charge >= 0.3 is 0 Å². The molecule has 112 valence electrons.